The van der Waals surface area contributed by atoms with Crippen molar-refractivity contribution < 1.29 is 32.9 Å². The quantitative estimate of drug-likeness (QED) is 0.0273. The summed E-state index contributed by atoms with van der Waals surface area (Å²) >= 11 is 0. The summed E-state index contributed by atoms with van der Waals surface area (Å²) in [6.07, 6.45) is 60.3. The highest BCUT2D eigenvalue weighted by atomic mass is 31.2. The Kier molecular flexibility index (Phi) is 42.3. The van der Waals surface area contributed by atoms with Crippen LogP contribution in [0.1, 0.15) is 194 Å². The second kappa shape index (κ2) is 43.9. The predicted molar refractivity (Wildman–Crippen MR) is 265 cm³/mol. The summed E-state index contributed by atoms with van der Waals surface area (Å²) in [5.74, 6) is -0.225. The van der Waals surface area contributed by atoms with Gasteiger partial charge in [0.05, 0.1) is 39.9 Å². The van der Waals surface area contributed by atoms with Gasteiger partial charge in [-0.15, -0.1) is 0 Å². The van der Waals surface area contributed by atoms with Crippen molar-refractivity contribution in [3.63, 3.8) is 0 Å². The molecule has 0 saturated carbocycles. The van der Waals surface area contributed by atoms with E-state index in [0.29, 0.717) is 23.9 Å². The van der Waals surface area contributed by atoms with E-state index < -0.39 is 20.0 Å². The fourth-order valence-corrected chi connectivity index (χ4v) is 7.46. The number of nitrogens with zero attached hydrogens (tertiary/aromatic N) is 1. The van der Waals surface area contributed by atoms with Gasteiger partial charge in [0.2, 0.25) is 5.91 Å². The zero-order valence-corrected chi connectivity index (χ0v) is 41.4. The number of aliphatic hydroxyl groups excluding tert-OH is 1. The number of nitrogens with one attached hydrogen (secondary N) is 1. The van der Waals surface area contributed by atoms with Crippen molar-refractivity contribution in [3.8, 4) is 0 Å². The number of allylic oxidation sites excluding steroid dienone is 14. The molecule has 3 atom stereocenters. The molecule has 0 aromatic carbocycles. The number of carbonyl (C=O) groups is 1. The van der Waals surface area contributed by atoms with Crippen molar-refractivity contribution >= 4 is 13.7 Å². The minimum atomic E-state index is -4.59. The van der Waals surface area contributed by atoms with Crippen LogP contribution in [0.4, 0.5) is 0 Å². The molecule has 0 fully saturated rings. The maximum atomic E-state index is 12.9. The molecule has 8 nitrogen and oxygen atoms in total. The molecular formula is C53H95N2O6P. The van der Waals surface area contributed by atoms with Crippen LogP contribution in [-0.2, 0) is 18.4 Å². The van der Waals surface area contributed by atoms with E-state index >= 15 is 0 Å². The summed E-state index contributed by atoms with van der Waals surface area (Å²) in [7, 11) is 1.25. The van der Waals surface area contributed by atoms with E-state index in [1.54, 1.807) is 0 Å². The van der Waals surface area contributed by atoms with Gasteiger partial charge >= 0.3 is 0 Å². The number of quaternary nitrogens is 1. The molecule has 3 unspecified atom stereocenters. The van der Waals surface area contributed by atoms with Crippen LogP contribution >= 0.6 is 7.82 Å². The first-order chi connectivity index (χ1) is 30.0. The lowest BCUT2D eigenvalue weighted by Gasteiger charge is -2.30. The molecule has 0 radical (unpaired) electrons. The number of likely N-dealkylation sites (N-methyl/N-ethyl adjacent to an activating group) is 1. The van der Waals surface area contributed by atoms with Crippen LogP contribution in [0, 0.1) is 0 Å². The first-order valence-corrected chi connectivity index (χ1v) is 26.4. The van der Waals surface area contributed by atoms with Gasteiger partial charge in [0.25, 0.3) is 7.82 Å². The van der Waals surface area contributed by atoms with Crippen LogP contribution in [0.2, 0.25) is 0 Å². The Balaban J connectivity index is 4.43. The summed E-state index contributed by atoms with van der Waals surface area (Å²) in [4.78, 5) is 25.4. The normalized spacial score (nSPS) is 14.9. The van der Waals surface area contributed by atoms with Crippen LogP contribution in [0.15, 0.2) is 85.1 Å². The highest BCUT2D eigenvalue weighted by Gasteiger charge is 2.24. The van der Waals surface area contributed by atoms with Gasteiger partial charge in [-0.2, -0.15) is 0 Å². The Hall–Kier alpha value is -2.32. The lowest BCUT2D eigenvalue weighted by atomic mass is 10.0. The maximum absolute atomic E-state index is 12.9. The first-order valence-electron chi connectivity index (χ1n) is 24.9. The number of aliphatic hydroxyl groups is 1. The standard InChI is InChI=1S/C53H95N2O6P/c1-6-8-10-12-14-16-18-20-22-24-25-26-27-28-29-31-33-35-37-39-41-43-45-47-53(57)54-51(50-61-62(58,59)60-49-48-55(3,4)5)52(56)46-44-42-40-38-36-34-32-30-23-21-19-17-15-13-11-9-7-2/h8,10,14,16,20,22,25-26,28-29,33,35,39,41,51-52,56H,6-7,9,11-13,15,17-19,21,23-24,27,30-32,34,36-38,40,42-50H2,1-5H3,(H-,54,57,58,59)/b10-8-,16-14-,22-20-,26-25-,29-28-,35-33-,41-39-. The monoisotopic (exact) mass is 887 g/mol. The number of unbranched alkanes of at least 4 members (excludes halogenated alkanes) is 17. The van der Waals surface area contributed by atoms with E-state index in [1.165, 1.54) is 89.9 Å². The van der Waals surface area contributed by atoms with E-state index in [2.05, 4.69) is 104 Å². The molecule has 2 N–H and O–H groups in total. The third-order valence-electron chi connectivity index (χ3n) is 10.6. The maximum Gasteiger partial charge on any atom is 0.268 e. The highest BCUT2D eigenvalue weighted by molar-refractivity contribution is 7.45. The molecule has 0 rings (SSSR count). The molecule has 0 spiro atoms. The second-order valence-electron chi connectivity index (χ2n) is 17.8. The van der Waals surface area contributed by atoms with Crippen molar-refractivity contribution in [1.29, 1.82) is 0 Å². The molecule has 0 aliphatic heterocycles. The molecule has 0 aliphatic rings. The molecule has 0 aliphatic carbocycles. The van der Waals surface area contributed by atoms with Crippen LogP contribution < -0.4 is 10.2 Å². The molecule has 0 saturated heterocycles. The lowest BCUT2D eigenvalue weighted by molar-refractivity contribution is -0.870. The molecular weight excluding hydrogens is 792 g/mol. The average molecular weight is 887 g/mol. The zero-order chi connectivity index (χ0) is 45.7. The number of carbonyl (C=O) groups excluding carboxylic acids is 1. The average Bonchev–Trinajstić information content (AvgIpc) is 3.23. The number of rotatable bonds is 44. The zero-order valence-electron chi connectivity index (χ0n) is 40.5. The van der Waals surface area contributed by atoms with Gasteiger partial charge in [-0.05, 0) is 64.2 Å². The Morgan fingerprint density at radius 2 is 0.968 bits per heavy atom. The van der Waals surface area contributed by atoms with Crippen LogP contribution in [-0.4, -0.2) is 68.5 Å². The van der Waals surface area contributed by atoms with Gasteiger partial charge in [0.15, 0.2) is 0 Å². The molecule has 0 aromatic rings. The summed E-state index contributed by atoms with van der Waals surface area (Å²) in [5.41, 5.74) is 0. The predicted octanol–water partition coefficient (Wildman–Crippen LogP) is 13.9. The third kappa shape index (κ3) is 45.7. The smallest absolute Gasteiger partial charge is 0.268 e. The number of amides is 1. The molecule has 0 bridgehead atoms. The molecule has 358 valence electrons. The van der Waals surface area contributed by atoms with Gasteiger partial charge in [0.1, 0.15) is 13.2 Å². The third-order valence-corrected chi connectivity index (χ3v) is 11.6. The topological polar surface area (TPSA) is 108 Å². The minimum Gasteiger partial charge on any atom is -0.756 e. The van der Waals surface area contributed by atoms with E-state index in [1.807, 2.05) is 21.1 Å². The van der Waals surface area contributed by atoms with E-state index in [9.17, 15) is 19.4 Å². The summed E-state index contributed by atoms with van der Waals surface area (Å²) in [5, 5.41) is 13.9. The molecule has 9 heteroatoms. The van der Waals surface area contributed by atoms with E-state index in [-0.39, 0.29) is 25.5 Å². The van der Waals surface area contributed by atoms with Gasteiger partial charge in [-0.25, -0.2) is 0 Å². The second-order valence-corrected chi connectivity index (χ2v) is 19.2. The largest absolute Gasteiger partial charge is 0.756 e. The van der Waals surface area contributed by atoms with Crippen LogP contribution in [0.25, 0.3) is 0 Å². The Labute approximate surface area is 382 Å². The Bertz CT molecular complexity index is 1280. The van der Waals surface area contributed by atoms with Gasteiger partial charge in [-0.3, -0.25) is 9.36 Å². The Morgan fingerprint density at radius 3 is 1.37 bits per heavy atom. The highest BCUT2D eigenvalue weighted by Crippen LogP contribution is 2.38. The van der Waals surface area contributed by atoms with E-state index in [4.69, 9.17) is 9.05 Å². The van der Waals surface area contributed by atoms with Crippen LogP contribution in [0.3, 0.4) is 0 Å². The number of phosphoric ester groups is 1. The van der Waals surface area contributed by atoms with Gasteiger partial charge in [0, 0.05) is 6.42 Å². The first kappa shape index (κ1) is 59.7. The van der Waals surface area contributed by atoms with E-state index in [0.717, 1.165) is 70.6 Å². The lowest BCUT2D eigenvalue weighted by Crippen LogP contribution is -2.46. The number of hydrogen-bond acceptors (Lipinski definition) is 6. The van der Waals surface area contributed by atoms with Crippen molar-refractivity contribution in [2.24, 2.45) is 0 Å². The summed E-state index contributed by atoms with van der Waals surface area (Å²) < 4.78 is 23.3. The molecule has 0 aromatic heterocycles. The van der Waals surface area contributed by atoms with Crippen molar-refractivity contribution in [3.05, 3.63) is 85.1 Å². The fourth-order valence-electron chi connectivity index (χ4n) is 6.73. The number of hydrogen-bond donors (Lipinski definition) is 2. The van der Waals surface area contributed by atoms with Gasteiger partial charge < -0.3 is 28.8 Å². The van der Waals surface area contributed by atoms with Crippen molar-refractivity contribution in [2.45, 2.75) is 206 Å². The fraction of sp³-hybridized carbons (Fsp3) is 0.717. The Morgan fingerprint density at radius 1 is 0.581 bits per heavy atom. The van der Waals surface area contributed by atoms with Crippen LogP contribution in [0.5, 0.6) is 0 Å². The summed E-state index contributed by atoms with van der Waals surface area (Å²) in [6, 6.07) is -0.837. The molecule has 1 amide bonds. The molecule has 0 heterocycles. The van der Waals surface area contributed by atoms with Gasteiger partial charge in [-0.1, -0.05) is 208 Å². The SMILES string of the molecule is CC/C=C\C/C=C\C/C=C\C/C=C\C/C=C\C/C=C\C/C=C\CCCC(=O)NC(COP(=O)([O-])OCC[N+](C)(C)C)C(O)CCCCCCCCCCCCCCCCCCC. The molecule has 62 heavy (non-hydrogen) atoms. The number of phosphoric acid groups is 1. The summed E-state index contributed by atoms with van der Waals surface area (Å²) in [6.45, 7) is 4.55. The van der Waals surface area contributed by atoms with Crippen molar-refractivity contribution in [2.75, 3.05) is 40.9 Å². The minimum absolute atomic E-state index is 0.00325. The van der Waals surface area contributed by atoms with Crippen molar-refractivity contribution in [1.82, 2.24) is 5.32 Å².